The molecule has 0 saturated carbocycles. The summed E-state index contributed by atoms with van der Waals surface area (Å²) in [4.78, 5) is 12.3. The Labute approximate surface area is 114 Å². The van der Waals surface area contributed by atoms with Crippen LogP contribution >= 0.6 is 0 Å². The van der Waals surface area contributed by atoms with Crippen molar-refractivity contribution in [2.24, 2.45) is 5.73 Å². The lowest BCUT2D eigenvalue weighted by molar-refractivity contribution is 0.0961. The van der Waals surface area contributed by atoms with Crippen molar-refractivity contribution < 1.29 is 4.79 Å². The topological polar surface area (TPSA) is 43.1 Å². The van der Waals surface area contributed by atoms with Gasteiger partial charge in [-0.25, -0.2) is 0 Å². The molecule has 0 saturated heterocycles. The number of Topliss-reactive ketones (excluding diaryl/α,β-unsaturated/α-hetero) is 1. The molecule has 0 aromatic heterocycles. The molecule has 0 spiro atoms. The summed E-state index contributed by atoms with van der Waals surface area (Å²) < 4.78 is 0. The first-order chi connectivity index (χ1) is 9.08. The lowest BCUT2D eigenvalue weighted by Gasteiger charge is -2.12. The highest BCUT2D eigenvalue weighted by atomic mass is 16.1. The molecule has 0 fully saturated rings. The van der Waals surface area contributed by atoms with Gasteiger partial charge in [0.05, 0.1) is 6.04 Å². The summed E-state index contributed by atoms with van der Waals surface area (Å²) >= 11 is 0. The van der Waals surface area contributed by atoms with Gasteiger partial charge in [-0.2, -0.15) is 0 Å². The Hall–Kier alpha value is -1.93. The van der Waals surface area contributed by atoms with E-state index in [-0.39, 0.29) is 5.78 Å². The fourth-order valence-corrected chi connectivity index (χ4v) is 2.07. The second kappa shape index (κ2) is 5.81. The van der Waals surface area contributed by atoms with Crippen LogP contribution in [0.2, 0.25) is 0 Å². The highest BCUT2D eigenvalue weighted by Crippen LogP contribution is 2.13. The van der Waals surface area contributed by atoms with Crippen molar-refractivity contribution in [3.05, 3.63) is 70.8 Å². The standard InChI is InChI=1S/C17H19NO/c1-12-8-9-15(10-13(12)2)17(19)16(18)11-14-6-4-3-5-7-14/h3-10,16H,11,18H2,1-2H3. The van der Waals surface area contributed by atoms with Gasteiger partial charge >= 0.3 is 0 Å². The van der Waals surface area contributed by atoms with E-state index >= 15 is 0 Å². The van der Waals surface area contributed by atoms with E-state index in [1.165, 1.54) is 5.56 Å². The van der Waals surface area contributed by atoms with E-state index in [1.807, 2.05) is 62.4 Å². The molecule has 2 aromatic rings. The van der Waals surface area contributed by atoms with Crippen LogP contribution in [0.4, 0.5) is 0 Å². The maximum Gasteiger partial charge on any atom is 0.179 e. The minimum absolute atomic E-state index is 0.00644. The molecular formula is C17H19NO. The number of benzene rings is 2. The molecule has 0 aliphatic rings. The Morgan fingerprint density at radius 2 is 1.74 bits per heavy atom. The van der Waals surface area contributed by atoms with Gasteiger partial charge in [-0.15, -0.1) is 0 Å². The van der Waals surface area contributed by atoms with Crippen LogP contribution in [0, 0.1) is 13.8 Å². The fourth-order valence-electron chi connectivity index (χ4n) is 2.07. The number of ketones is 1. The van der Waals surface area contributed by atoms with Gasteiger partial charge in [0.1, 0.15) is 0 Å². The van der Waals surface area contributed by atoms with Crippen molar-refractivity contribution in [3.8, 4) is 0 Å². The summed E-state index contributed by atoms with van der Waals surface area (Å²) in [5.74, 6) is 0.00644. The lowest BCUT2D eigenvalue weighted by Crippen LogP contribution is -2.32. The molecule has 2 rings (SSSR count). The third-order valence-electron chi connectivity index (χ3n) is 3.43. The Morgan fingerprint density at radius 3 is 2.37 bits per heavy atom. The minimum Gasteiger partial charge on any atom is -0.321 e. The molecule has 0 aliphatic heterocycles. The monoisotopic (exact) mass is 253 g/mol. The third kappa shape index (κ3) is 3.30. The zero-order valence-electron chi connectivity index (χ0n) is 11.4. The summed E-state index contributed by atoms with van der Waals surface area (Å²) in [6.45, 7) is 4.04. The van der Waals surface area contributed by atoms with Crippen LogP contribution in [-0.2, 0) is 6.42 Å². The van der Waals surface area contributed by atoms with Gasteiger partial charge in [0.15, 0.2) is 5.78 Å². The molecule has 98 valence electrons. The Balaban J connectivity index is 2.12. The zero-order valence-corrected chi connectivity index (χ0v) is 11.4. The van der Waals surface area contributed by atoms with Crippen LogP contribution in [-0.4, -0.2) is 11.8 Å². The number of carbonyl (C=O) groups excluding carboxylic acids is 1. The van der Waals surface area contributed by atoms with Crippen LogP contribution in [0.1, 0.15) is 27.0 Å². The number of carbonyl (C=O) groups is 1. The molecule has 1 atom stereocenters. The number of aryl methyl sites for hydroxylation is 2. The number of hydrogen-bond acceptors (Lipinski definition) is 2. The van der Waals surface area contributed by atoms with E-state index in [2.05, 4.69) is 0 Å². The van der Waals surface area contributed by atoms with E-state index in [9.17, 15) is 4.79 Å². The van der Waals surface area contributed by atoms with E-state index in [0.29, 0.717) is 12.0 Å². The van der Waals surface area contributed by atoms with Crippen molar-refractivity contribution in [1.82, 2.24) is 0 Å². The highest BCUT2D eigenvalue weighted by molar-refractivity contribution is 6.00. The lowest BCUT2D eigenvalue weighted by atomic mass is 9.96. The number of rotatable bonds is 4. The predicted molar refractivity (Wildman–Crippen MR) is 78.4 cm³/mol. The maximum atomic E-state index is 12.3. The summed E-state index contributed by atoms with van der Waals surface area (Å²) in [5, 5.41) is 0. The first kappa shape index (κ1) is 13.5. The molecule has 0 heterocycles. The summed E-state index contributed by atoms with van der Waals surface area (Å²) in [7, 11) is 0. The largest absolute Gasteiger partial charge is 0.321 e. The number of nitrogens with two attached hydrogens (primary N) is 1. The Bertz CT molecular complexity index is 575. The Morgan fingerprint density at radius 1 is 1.05 bits per heavy atom. The smallest absolute Gasteiger partial charge is 0.179 e. The van der Waals surface area contributed by atoms with E-state index in [4.69, 9.17) is 5.73 Å². The Kier molecular flexibility index (Phi) is 4.13. The molecule has 2 N–H and O–H groups in total. The summed E-state index contributed by atoms with van der Waals surface area (Å²) in [6.07, 6.45) is 0.576. The molecule has 0 amide bonds. The van der Waals surface area contributed by atoms with Crippen molar-refractivity contribution in [1.29, 1.82) is 0 Å². The fraction of sp³-hybridized carbons (Fsp3) is 0.235. The number of hydrogen-bond donors (Lipinski definition) is 1. The van der Waals surface area contributed by atoms with Gasteiger partial charge < -0.3 is 5.73 Å². The highest BCUT2D eigenvalue weighted by Gasteiger charge is 2.16. The maximum absolute atomic E-state index is 12.3. The van der Waals surface area contributed by atoms with Crippen LogP contribution in [0.5, 0.6) is 0 Å². The first-order valence-corrected chi connectivity index (χ1v) is 6.49. The quantitative estimate of drug-likeness (QED) is 0.851. The van der Waals surface area contributed by atoms with E-state index < -0.39 is 6.04 Å². The van der Waals surface area contributed by atoms with Crippen LogP contribution in [0.15, 0.2) is 48.5 Å². The van der Waals surface area contributed by atoms with E-state index in [0.717, 1.165) is 11.1 Å². The van der Waals surface area contributed by atoms with Gasteiger partial charge in [-0.05, 0) is 43.0 Å². The van der Waals surface area contributed by atoms with Crippen molar-refractivity contribution in [3.63, 3.8) is 0 Å². The molecule has 2 heteroatoms. The average Bonchev–Trinajstić information content (AvgIpc) is 2.42. The van der Waals surface area contributed by atoms with Gasteiger partial charge in [0.2, 0.25) is 0 Å². The molecule has 0 radical (unpaired) electrons. The molecule has 2 nitrogen and oxygen atoms in total. The normalized spacial score (nSPS) is 12.2. The second-order valence-electron chi connectivity index (χ2n) is 4.96. The van der Waals surface area contributed by atoms with Gasteiger partial charge in [0.25, 0.3) is 0 Å². The second-order valence-corrected chi connectivity index (χ2v) is 4.96. The predicted octanol–water partition coefficient (Wildman–Crippen LogP) is 3.06. The molecular weight excluding hydrogens is 234 g/mol. The van der Waals surface area contributed by atoms with Crippen LogP contribution < -0.4 is 5.73 Å². The van der Waals surface area contributed by atoms with Gasteiger partial charge in [-0.3, -0.25) is 4.79 Å². The molecule has 0 bridgehead atoms. The first-order valence-electron chi connectivity index (χ1n) is 6.49. The SMILES string of the molecule is Cc1ccc(C(=O)C(N)Cc2ccccc2)cc1C. The van der Waals surface area contributed by atoms with Crippen molar-refractivity contribution in [2.45, 2.75) is 26.3 Å². The van der Waals surface area contributed by atoms with Crippen LogP contribution in [0.25, 0.3) is 0 Å². The van der Waals surface area contributed by atoms with Crippen molar-refractivity contribution in [2.75, 3.05) is 0 Å². The minimum atomic E-state index is -0.482. The summed E-state index contributed by atoms with van der Waals surface area (Å²) in [5.41, 5.74) is 10.1. The average molecular weight is 253 g/mol. The molecule has 19 heavy (non-hydrogen) atoms. The van der Waals surface area contributed by atoms with Crippen LogP contribution in [0.3, 0.4) is 0 Å². The third-order valence-corrected chi connectivity index (χ3v) is 3.43. The van der Waals surface area contributed by atoms with E-state index in [1.54, 1.807) is 0 Å². The van der Waals surface area contributed by atoms with Gasteiger partial charge in [0, 0.05) is 5.56 Å². The zero-order chi connectivity index (χ0) is 13.8. The molecule has 0 aliphatic carbocycles. The van der Waals surface area contributed by atoms with Crippen molar-refractivity contribution >= 4 is 5.78 Å². The molecule has 2 aromatic carbocycles. The summed E-state index contributed by atoms with van der Waals surface area (Å²) in [6, 6.07) is 15.1. The molecule has 1 unspecified atom stereocenters. The van der Waals surface area contributed by atoms with Gasteiger partial charge in [-0.1, -0.05) is 42.5 Å².